The lowest BCUT2D eigenvalue weighted by Gasteiger charge is -2.24. The van der Waals surface area contributed by atoms with Gasteiger partial charge in [0.05, 0.1) is 24.6 Å². The molecule has 0 saturated heterocycles. The van der Waals surface area contributed by atoms with Crippen LogP contribution in [0.4, 0.5) is 0 Å². The molecule has 0 rings (SSSR count). The molecule has 0 amide bonds. The molecule has 0 aromatic rings. The number of hydrogen-bond donors (Lipinski definition) is 1. The molecule has 14 heavy (non-hydrogen) atoms. The highest BCUT2D eigenvalue weighted by Gasteiger charge is 2.21. The maximum Gasteiger partial charge on any atom is 0.194 e. The second-order valence-electron chi connectivity index (χ2n) is 3.40. The van der Waals surface area contributed by atoms with Gasteiger partial charge < -0.3 is 14.3 Å². The van der Waals surface area contributed by atoms with E-state index >= 15 is 0 Å². The van der Waals surface area contributed by atoms with Gasteiger partial charge in [-0.25, -0.2) is 0 Å². The normalized spacial score (nSPS) is 13.3. The lowest BCUT2D eigenvalue weighted by molar-refractivity contribution is 0.177. The largest absolute Gasteiger partial charge is 0.411 e. The van der Waals surface area contributed by atoms with Gasteiger partial charge in [-0.2, -0.15) is 0 Å². The molecule has 0 spiro atoms. The van der Waals surface area contributed by atoms with E-state index in [1.165, 1.54) is 6.21 Å². The summed E-state index contributed by atoms with van der Waals surface area (Å²) >= 11 is 5.28. The Morgan fingerprint density at radius 1 is 1.29 bits per heavy atom. The molecule has 0 aromatic heterocycles. The van der Waals surface area contributed by atoms with Gasteiger partial charge >= 0.3 is 0 Å². The van der Waals surface area contributed by atoms with Crippen molar-refractivity contribution in [3.63, 3.8) is 0 Å². The van der Waals surface area contributed by atoms with Gasteiger partial charge in [0.2, 0.25) is 0 Å². The Morgan fingerprint density at radius 2 is 1.71 bits per heavy atom. The van der Waals surface area contributed by atoms with E-state index in [9.17, 15) is 0 Å². The van der Waals surface area contributed by atoms with Crippen molar-refractivity contribution in [1.29, 1.82) is 0 Å². The Hall–Kier alpha value is 0.0400. The minimum atomic E-state index is -2.32. The summed E-state index contributed by atoms with van der Waals surface area (Å²) in [6, 6.07) is 0. The van der Waals surface area contributed by atoms with Crippen molar-refractivity contribution in [2.45, 2.75) is 39.9 Å². The molecule has 0 aliphatic heterocycles. The molecule has 6 heteroatoms. The number of hydrogen-bond acceptors (Lipinski definition) is 5. The van der Waals surface area contributed by atoms with Crippen LogP contribution in [0.3, 0.4) is 0 Å². The standard InChI is InChI=1S/C8H18NO3PS/c1-7(2)11-13(14,6-5-9-10)12-8(3)4/h5,7-8,10H,6H2,1-4H3/b9-5-. The molecule has 0 aliphatic rings. The number of nitrogens with zero attached hydrogens (tertiary/aromatic N) is 1. The second-order valence-corrected chi connectivity index (χ2v) is 7.08. The summed E-state index contributed by atoms with van der Waals surface area (Å²) in [7, 11) is 0. The van der Waals surface area contributed by atoms with Crippen molar-refractivity contribution in [1.82, 2.24) is 0 Å². The fourth-order valence-electron chi connectivity index (χ4n) is 0.890. The van der Waals surface area contributed by atoms with Crippen molar-refractivity contribution in [2.75, 3.05) is 6.16 Å². The molecular formula is C8H18NO3PS. The highest BCUT2D eigenvalue weighted by atomic mass is 32.5. The van der Waals surface area contributed by atoms with Gasteiger partial charge in [0, 0.05) is 0 Å². The minimum absolute atomic E-state index is 0.0201. The summed E-state index contributed by atoms with van der Waals surface area (Å²) < 4.78 is 11.1. The van der Waals surface area contributed by atoms with Gasteiger partial charge in [0.15, 0.2) is 6.49 Å². The topological polar surface area (TPSA) is 51.0 Å². The average molecular weight is 239 g/mol. The predicted molar refractivity (Wildman–Crippen MR) is 61.9 cm³/mol. The molecule has 0 fully saturated rings. The van der Waals surface area contributed by atoms with Crippen LogP contribution in [0.1, 0.15) is 27.7 Å². The number of rotatable bonds is 6. The summed E-state index contributed by atoms with van der Waals surface area (Å²) in [5.74, 6) is 0. The minimum Gasteiger partial charge on any atom is -0.411 e. The van der Waals surface area contributed by atoms with Gasteiger partial charge in [-0.1, -0.05) is 0 Å². The molecule has 0 aromatic carbocycles. The van der Waals surface area contributed by atoms with Gasteiger partial charge in [-0.3, -0.25) is 0 Å². The average Bonchev–Trinajstić information content (AvgIpc) is 1.97. The van der Waals surface area contributed by atoms with Crippen LogP contribution in [-0.2, 0) is 20.9 Å². The van der Waals surface area contributed by atoms with E-state index in [2.05, 4.69) is 5.16 Å². The zero-order valence-electron chi connectivity index (χ0n) is 9.01. The first-order chi connectivity index (χ1) is 6.39. The van der Waals surface area contributed by atoms with Gasteiger partial charge in [0.25, 0.3) is 0 Å². The molecule has 0 bridgehead atoms. The second kappa shape index (κ2) is 6.51. The summed E-state index contributed by atoms with van der Waals surface area (Å²) in [4.78, 5) is 0. The SMILES string of the molecule is CC(C)OP(=S)(C/C=N\O)OC(C)C. The van der Waals surface area contributed by atoms with Crippen molar-refractivity contribution in [3.8, 4) is 0 Å². The van der Waals surface area contributed by atoms with E-state index in [-0.39, 0.29) is 12.2 Å². The summed E-state index contributed by atoms with van der Waals surface area (Å²) in [6.45, 7) is 5.29. The van der Waals surface area contributed by atoms with Gasteiger partial charge in [-0.05, 0) is 39.5 Å². The Labute approximate surface area is 90.5 Å². The third-order valence-corrected chi connectivity index (χ3v) is 4.19. The Balaban J connectivity index is 4.41. The quantitative estimate of drug-likeness (QED) is 0.335. The van der Waals surface area contributed by atoms with E-state index in [1.807, 2.05) is 27.7 Å². The highest BCUT2D eigenvalue weighted by molar-refractivity contribution is 8.10. The zero-order valence-corrected chi connectivity index (χ0v) is 10.7. The zero-order chi connectivity index (χ0) is 11.2. The van der Waals surface area contributed by atoms with Crippen molar-refractivity contribution < 1.29 is 14.3 Å². The van der Waals surface area contributed by atoms with Crippen LogP contribution < -0.4 is 0 Å². The molecule has 0 radical (unpaired) electrons. The maximum absolute atomic E-state index is 8.33. The summed E-state index contributed by atoms with van der Waals surface area (Å²) in [6.07, 6.45) is 1.72. The lowest BCUT2D eigenvalue weighted by atomic mass is 10.5. The summed E-state index contributed by atoms with van der Waals surface area (Å²) in [5, 5.41) is 11.2. The number of oxime groups is 1. The third kappa shape index (κ3) is 6.49. The molecule has 0 atom stereocenters. The van der Waals surface area contributed by atoms with E-state index < -0.39 is 6.49 Å². The first-order valence-electron chi connectivity index (χ1n) is 4.51. The molecular weight excluding hydrogens is 221 g/mol. The first-order valence-corrected chi connectivity index (χ1v) is 7.33. The molecule has 0 saturated carbocycles. The molecule has 4 nitrogen and oxygen atoms in total. The van der Waals surface area contributed by atoms with Crippen LogP contribution in [0.5, 0.6) is 0 Å². The molecule has 0 aliphatic carbocycles. The van der Waals surface area contributed by atoms with Crippen LogP contribution in [0, 0.1) is 0 Å². The monoisotopic (exact) mass is 239 g/mol. The van der Waals surface area contributed by atoms with Crippen LogP contribution >= 0.6 is 6.49 Å². The third-order valence-electron chi connectivity index (χ3n) is 1.13. The smallest absolute Gasteiger partial charge is 0.194 e. The highest BCUT2D eigenvalue weighted by Crippen LogP contribution is 2.49. The fraction of sp³-hybridized carbons (Fsp3) is 0.875. The van der Waals surface area contributed by atoms with Crippen molar-refractivity contribution in [2.24, 2.45) is 5.16 Å². The van der Waals surface area contributed by atoms with Gasteiger partial charge in [-0.15, -0.1) is 5.16 Å². The molecule has 0 unspecified atom stereocenters. The van der Waals surface area contributed by atoms with E-state index in [0.717, 1.165) is 0 Å². The van der Waals surface area contributed by atoms with Crippen LogP contribution in [0.2, 0.25) is 0 Å². The molecule has 84 valence electrons. The van der Waals surface area contributed by atoms with Crippen LogP contribution in [-0.4, -0.2) is 29.8 Å². The maximum atomic E-state index is 8.33. The van der Waals surface area contributed by atoms with E-state index in [0.29, 0.717) is 6.16 Å². The first kappa shape index (κ1) is 14.0. The van der Waals surface area contributed by atoms with E-state index in [1.54, 1.807) is 0 Å². The van der Waals surface area contributed by atoms with Crippen molar-refractivity contribution in [3.05, 3.63) is 0 Å². The molecule has 0 heterocycles. The van der Waals surface area contributed by atoms with Crippen molar-refractivity contribution >= 4 is 24.5 Å². The van der Waals surface area contributed by atoms with E-state index in [4.69, 9.17) is 26.1 Å². The summed E-state index contributed by atoms with van der Waals surface area (Å²) in [5.41, 5.74) is 0. The fourth-order valence-corrected chi connectivity index (χ4v) is 3.90. The van der Waals surface area contributed by atoms with Gasteiger partial charge in [0.1, 0.15) is 0 Å². The lowest BCUT2D eigenvalue weighted by Crippen LogP contribution is -2.10. The Morgan fingerprint density at radius 3 is 2.00 bits per heavy atom. The van der Waals surface area contributed by atoms with Crippen LogP contribution in [0.25, 0.3) is 0 Å². The Bertz CT molecular complexity index is 217. The predicted octanol–water partition coefficient (Wildman–Crippen LogP) is 2.61. The Kier molecular flexibility index (Phi) is 6.53. The van der Waals surface area contributed by atoms with Crippen LogP contribution in [0.15, 0.2) is 5.16 Å². The molecule has 1 N–H and O–H groups in total.